The molecule has 0 aliphatic carbocycles. The highest BCUT2D eigenvalue weighted by Crippen LogP contribution is 2.23. The Hall–Kier alpha value is -1.84. The standard InChI is InChI=1S/C11H7BrClN5/c12-9-4-10(15)18-11(17-9)16-7-2-1-6(5-14)8(13)3-7/h1-4H,(H3,15,16,17,18). The fourth-order valence-electron chi connectivity index (χ4n) is 1.30. The summed E-state index contributed by atoms with van der Waals surface area (Å²) < 4.78 is 0.581. The van der Waals surface area contributed by atoms with Gasteiger partial charge in [-0.3, -0.25) is 0 Å². The lowest BCUT2D eigenvalue weighted by atomic mass is 10.2. The smallest absolute Gasteiger partial charge is 0.230 e. The van der Waals surface area contributed by atoms with Crippen molar-refractivity contribution in [1.29, 1.82) is 5.26 Å². The molecule has 2 rings (SSSR count). The molecular weight excluding hydrogens is 318 g/mol. The van der Waals surface area contributed by atoms with Crippen molar-refractivity contribution in [2.24, 2.45) is 0 Å². The van der Waals surface area contributed by atoms with Crippen molar-refractivity contribution in [2.45, 2.75) is 0 Å². The van der Waals surface area contributed by atoms with Gasteiger partial charge in [0.2, 0.25) is 5.95 Å². The molecule has 5 nitrogen and oxygen atoms in total. The fourth-order valence-corrected chi connectivity index (χ4v) is 1.93. The Morgan fingerprint density at radius 3 is 2.72 bits per heavy atom. The Morgan fingerprint density at radius 2 is 2.11 bits per heavy atom. The Balaban J connectivity index is 2.29. The zero-order valence-electron chi connectivity index (χ0n) is 8.98. The van der Waals surface area contributed by atoms with Crippen LogP contribution in [-0.4, -0.2) is 9.97 Å². The minimum absolute atomic E-state index is 0.346. The lowest BCUT2D eigenvalue weighted by molar-refractivity contribution is 1.15. The van der Waals surface area contributed by atoms with Gasteiger partial charge in [0, 0.05) is 11.8 Å². The highest BCUT2D eigenvalue weighted by atomic mass is 79.9. The number of aromatic nitrogens is 2. The van der Waals surface area contributed by atoms with E-state index in [1.54, 1.807) is 24.3 Å². The lowest BCUT2D eigenvalue weighted by Gasteiger charge is -2.06. The molecule has 0 saturated heterocycles. The van der Waals surface area contributed by atoms with E-state index in [9.17, 15) is 0 Å². The van der Waals surface area contributed by atoms with Crippen LogP contribution in [0.5, 0.6) is 0 Å². The minimum Gasteiger partial charge on any atom is -0.383 e. The first-order chi connectivity index (χ1) is 8.58. The van der Waals surface area contributed by atoms with E-state index in [-0.39, 0.29) is 0 Å². The maximum atomic E-state index is 8.77. The van der Waals surface area contributed by atoms with Crippen molar-refractivity contribution in [3.8, 4) is 6.07 Å². The first-order valence-electron chi connectivity index (χ1n) is 4.85. The molecule has 3 N–H and O–H groups in total. The molecule has 0 fully saturated rings. The third-order valence-corrected chi connectivity index (χ3v) is 2.78. The SMILES string of the molecule is N#Cc1ccc(Nc2nc(N)cc(Br)n2)cc1Cl. The molecule has 0 spiro atoms. The van der Waals surface area contributed by atoms with Gasteiger partial charge < -0.3 is 11.1 Å². The van der Waals surface area contributed by atoms with Gasteiger partial charge in [-0.25, -0.2) is 4.98 Å². The summed E-state index contributed by atoms with van der Waals surface area (Å²) in [5.41, 5.74) is 6.69. The Labute approximate surface area is 117 Å². The molecule has 1 aromatic carbocycles. The molecule has 0 aliphatic heterocycles. The maximum absolute atomic E-state index is 8.77. The third-order valence-electron chi connectivity index (χ3n) is 2.06. The molecule has 1 aromatic heterocycles. The Kier molecular flexibility index (Phi) is 3.65. The van der Waals surface area contributed by atoms with Crippen LogP contribution >= 0.6 is 27.5 Å². The van der Waals surface area contributed by atoms with Gasteiger partial charge in [0.15, 0.2) is 0 Å². The van der Waals surface area contributed by atoms with Gasteiger partial charge in [0.1, 0.15) is 16.5 Å². The zero-order chi connectivity index (χ0) is 13.1. The molecular formula is C11H7BrClN5. The Bertz CT molecular complexity index is 618. The van der Waals surface area contributed by atoms with Crippen LogP contribution in [0.25, 0.3) is 0 Å². The summed E-state index contributed by atoms with van der Waals surface area (Å²) in [6, 6.07) is 8.54. The predicted octanol–water partition coefficient (Wildman–Crippen LogP) is 3.09. The molecule has 7 heteroatoms. The van der Waals surface area contributed by atoms with E-state index >= 15 is 0 Å². The number of benzene rings is 1. The van der Waals surface area contributed by atoms with E-state index < -0.39 is 0 Å². The Morgan fingerprint density at radius 1 is 1.33 bits per heavy atom. The van der Waals surface area contributed by atoms with Crippen LogP contribution in [0.1, 0.15) is 5.56 Å². The van der Waals surface area contributed by atoms with E-state index in [0.717, 1.165) is 0 Å². The van der Waals surface area contributed by atoms with Crippen molar-refractivity contribution in [3.63, 3.8) is 0 Å². The number of nitrogens with one attached hydrogen (secondary N) is 1. The number of nitrogens with zero attached hydrogens (tertiary/aromatic N) is 3. The van der Waals surface area contributed by atoms with Crippen molar-refractivity contribution in [3.05, 3.63) is 39.5 Å². The van der Waals surface area contributed by atoms with Crippen LogP contribution in [-0.2, 0) is 0 Å². The minimum atomic E-state index is 0.346. The van der Waals surface area contributed by atoms with Crippen molar-refractivity contribution in [2.75, 3.05) is 11.1 Å². The van der Waals surface area contributed by atoms with Crippen LogP contribution in [0.15, 0.2) is 28.9 Å². The summed E-state index contributed by atoms with van der Waals surface area (Å²) in [7, 11) is 0. The van der Waals surface area contributed by atoms with Crippen LogP contribution in [0.4, 0.5) is 17.5 Å². The third kappa shape index (κ3) is 2.88. The summed E-state index contributed by atoms with van der Waals surface area (Å²) in [6.07, 6.45) is 0. The first kappa shape index (κ1) is 12.6. The number of nitrogen functional groups attached to an aromatic ring is 1. The first-order valence-corrected chi connectivity index (χ1v) is 6.02. The van der Waals surface area contributed by atoms with Gasteiger partial charge in [0.25, 0.3) is 0 Å². The average molecular weight is 325 g/mol. The quantitative estimate of drug-likeness (QED) is 0.829. The number of halogens is 2. The van der Waals surface area contributed by atoms with Gasteiger partial charge in [-0.2, -0.15) is 10.2 Å². The average Bonchev–Trinajstić information content (AvgIpc) is 2.27. The second-order valence-electron chi connectivity index (χ2n) is 3.37. The van der Waals surface area contributed by atoms with Gasteiger partial charge in [0.05, 0.1) is 10.6 Å². The molecule has 0 bridgehead atoms. The molecule has 18 heavy (non-hydrogen) atoms. The van der Waals surface area contributed by atoms with Gasteiger partial charge in [-0.15, -0.1) is 0 Å². The second-order valence-corrected chi connectivity index (χ2v) is 4.59. The normalized spacial score (nSPS) is 9.83. The summed E-state index contributed by atoms with van der Waals surface area (Å²) in [5.74, 6) is 0.696. The highest BCUT2D eigenvalue weighted by Gasteiger charge is 2.04. The van der Waals surface area contributed by atoms with E-state index in [1.165, 1.54) is 0 Å². The van der Waals surface area contributed by atoms with Crippen LogP contribution in [0, 0.1) is 11.3 Å². The number of nitriles is 1. The molecule has 1 heterocycles. The van der Waals surface area contributed by atoms with E-state index in [2.05, 4.69) is 31.2 Å². The molecule has 2 aromatic rings. The van der Waals surface area contributed by atoms with E-state index in [4.69, 9.17) is 22.6 Å². The molecule has 0 atom stereocenters. The van der Waals surface area contributed by atoms with Crippen LogP contribution in [0.3, 0.4) is 0 Å². The van der Waals surface area contributed by atoms with Crippen molar-refractivity contribution >= 4 is 45.0 Å². The van der Waals surface area contributed by atoms with E-state index in [0.29, 0.717) is 32.6 Å². The number of hydrogen-bond acceptors (Lipinski definition) is 5. The monoisotopic (exact) mass is 323 g/mol. The zero-order valence-corrected chi connectivity index (χ0v) is 11.3. The van der Waals surface area contributed by atoms with Crippen LogP contribution < -0.4 is 11.1 Å². The van der Waals surface area contributed by atoms with Gasteiger partial charge in [-0.05, 0) is 34.1 Å². The number of hydrogen-bond donors (Lipinski definition) is 2. The summed E-state index contributed by atoms with van der Waals surface area (Å²) in [5, 5.41) is 12.1. The number of anilines is 3. The topological polar surface area (TPSA) is 87.6 Å². The maximum Gasteiger partial charge on any atom is 0.230 e. The highest BCUT2D eigenvalue weighted by molar-refractivity contribution is 9.10. The van der Waals surface area contributed by atoms with Gasteiger partial charge >= 0.3 is 0 Å². The molecule has 90 valence electrons. The van der Waals surface area contributed by atoms with Crippen LogP contribution in [0.2, 0.25) is 5.02 Å². The molecule has 0 radical (unpaired) electrons. The molecule has 0 saturated carbocycles. The summed E-state index contributed by atoms with van der Waals surface area (Å²) in [4.78, 5) is 8.13. The molecule has 0 amide bonds. The summed E-state index contributed by atoms with van der Waals surface area (Å²) >= 11 is 9.14. The van der Waals surface area contributed by atoms with Crippen molar-refractivity contribution < 1.29 is 0 Å². The fraction of sp³-hybridized carbons (Fsp3) is 0. The van der Waals surface area contributed by atoms with E-state index in [1.807, 2.05) is 6.07 Å². The number of nitrogens with two attached hydrogens (primary N) is 1. The predicted molar refractivity (Wildman–Crippen MR) is 73.6 cm³/mol. The largest absolute Gasteiger partial charge is 0.383 e. The van der Waals surface area contributed by atoms with Gasteiger partial charge in [-0.1, -0.05) is 11.6 Å². The van der Waals surface area contributed by atoms with Crippen molar-refractivity contribution in [1.82, 2.24) is 9.97 Å². The lowest BCUT2D eigenvalue weighted by Crippen LogP contribution is -2.00. The summed E-state index contributed by atoms with van der Waals surface area (Å²) in [6.45, 7) is 0. The second kappa shape index (κ2) is 5.21. The molecule has 0 unspecified atom stereocenters. The number of rotatable bonds is 2. The molecule has 0 aliphatic rings.